The highest BCUT2D eigenvalue weighted by Crippen LogP contribution is 2.28. The molecule has 228 valence electrons. The number of carbonyl (C=O) groups is 4. The number of carbonyl (C=O) groups excluding carboxylic acids is 4. The average molecular weight is 572 g/mol. The van der Waals surface area contributed by atoms with Crippen molar-refractivity contribution in [2.45, 2.75) is 96.7 Å². The van der Waals surface area contributed by atoms with E-state index < -0.39 is 23.8 Å². The minimum Gasteiger partial charge on any atom is -0.444 e. The Morgan fingerprint density at radius 2 is 1.56 bits per heavy atom. The van der Waals surface area contributed by atoms with Gasteiger partial charge in [0.1, 0.15) is 17.7 Å². The van der Waals surface area contributed by atoms with Gasteiger partial charge in [-0.15, -0.1) is 0 Å². The second-order valence-electron chi connectivity index (χ2n) is 12.4. The van der Waals surface area contributed by atoms with Crippen molar-refractivity contribution in [1.82, 2.24) is 20.4 Å². The molecule has 4 amide bonds. The Hall–Kier alpha value is -3.14. The zero-order valence-electron chi connectivity index (χ0n) is 25.6. The normalized spacial score (nSPS) is 19.0. The Kier molecular flexibility index (Phi) is 11.6. The lowest BCUT2D eigenvalue weighted by Gasteiger charge is -2.36. The molecule has 3 atom stereocenters. The molecule has 2 aliphatic rings. The highest BCUT2D eigenvalue weighted by molar-refractivity contribution is 5.97. The zero-order chi connectivity index (χ0) is 30.2. The van der Waals surface area contributed by atoms with Crippen molar-refractivity contribution in [3.63, 3.8) is 0 Å². The van der Waals surface area contributed by atoms with Crippen LogP contribution in [0.2, 0.25) is 0 Å². The molecule has 0 aromatic heterocycles. The fraction of sp³-hybridized carbons (Fsp3) is 0.677. The number of likely N-dealkylation sites (N-methyl/N-ethyl adjacent to an activating group) is 1. The van der Waals surface area contributed by atoms with E-state index >= 15 is 0 Å². The van der Waals surface area contributed by atoms with Crippen LogP contribution in [0.1, 0.15) is 84.6 Å². The quantitative estimate of drug-likeness (QED) is 0.414. The maximum absolute atomic E-state index is 13.5. The summed E-state index contributed by atoms with van der Waals surface area (Å²) >= 11 is 0. The highest BCUT2D eigenvalue weighted by Gasteiger charge is 2.34. The van der Waals surface area contributed by atoms with Gasteiger partial charge in [-0.1, -0.05) is 45.2 Å². The lowest BCUT2D eigenvalue weighted by molar-refractivity contribution is -0.138. The Balaban J connectivity index is 1.72. The molecule has 1 aromatic rings. The fourth-order valence-corrected chi connectivity index (χ4v) is 5.48. The van der Waals surface area contributed by atoms with E-state index in [9.17, 15) is 19.2 Å². The number of piperazine rings is 1. The number of alkyl carbamates (subject to hydrolysis) is 1. The molecule has 1 aliphatic heterocycles. The summed E-state index contributed by atoms with van der Waals surface area (Å²) in [5.74, 6) is -0.750. The molecule has 1 heterocycles. The van der Waals surface area contributed by atoms with E-state index in [1.54, 1.807) is 39.8 Å². The summed E-state index contributed by atoms with van der Waals surface area (Å²) in [6, 6.07) is 5.97. The standard InChI is InChI=1S/C31H49N5O5/c1-7-25(37)33-26(29(39)36-19-17-35(6)18-20-36)21(2)22-13-15-24(16-14-22)32-28(38)27(23-11-9-8-10-12-23)34-30(40)41-31(3,4)5/h13-16,21,23,26-27H,7-12,17-20H2,1-6H3,(H,32,38)(H,33,37)(H,34,40)/t21-,26+,27-/m0/s1. The molecule has 10 heteroatoms. The highest BCUT2D eigenvalue weighted by atomic mass is 16.6. The molecule has 1 aromatic carbocycles. The molecule has 1 aliphatic carbocycles. The SMILES string of the molecule is CCC(=O)N[C@@H](C(=O)N1CCN(C)CC1)[C@@H](C)c1ccc(NC(=O)[C@@H](NC(=O)OC(C)(C)C)C2CCCCC2)cc1. The first-order chi connectivity index (χ1) is 19.4. The summed E-state index contributed by atoms with van der Waals surface area (Å²) in [5, 5.41) is 8.72. The summed E-state index contributed by atoms with van der Waals surface area (Å²) in [6.45, 7) is 11.9. The second-order valence-corrected chi connectivity index (χ2v) is 12.4. The van der Waals surface area contributed by atoms with Gasteiger partial charge in [-0.25, -0.2) is 4.79 Å². The number of ether oxygens (including phenoxy) is 1. The van der Waals surface area contributed by atoms with Crippen LogP contribution in [0.15, 0.2) is 24.3 Å². The number of nitrogens with one attached hydrogen (secondary N) is 3. The lowest BCUT2D eigenvalue weighted by Crippen LogP contribution is -2.55. The topological polar surface area (TPSA) is 120 Å². The summed E-state index contributed by atoms with van der Waals surface area (Å²) in [5.41, 5.74) is 0.810. The number of hydrogen-bond acceptors (Lipinski definition) is 6. The van der Waals surface area contributed by atoms with Crippen molar-refractivity contribution in [3.8, 4) is 0 Å². The third-order valence-corrected chi connectivity index (χ3v) is 8.00. The summed E-state index contributed by atoms with van der Waals surface area (Å²) in [7, 11) is 2.03. The minimum atomic E-state index is -0.696. The van der Waals surface area contributed by atoms with Gasteiger partial charge in [0.05, 0.1) is 0 Å². The first-order valence-corrected chi connectivity index (χ1v) is 15.0. The van der Waals surface area contributed by atoms with E-state index in [4.69, 9.17) is 4.74 Å². The van der Waals surface area contributed by atoms with Gasteiger partial charge in [0.15, 0.2) is 0 Å². The first kappa shape index (κ1) is 32.4. The summed E-state index contributed by atoms with van der Waals surface area (Å²) in [4.78, 5) is 55.8. The van der Waals surface area contributed by atoms with Gasteiger partial charge in [0.2, 0.25) is 17.7 Å². The number of anilines is 1. The van der Waals surface area contributed by atoms with E-state index in [2.05, 4.69) is 20.9 Å². The van der Waals surface area contributed by atoms with Crippen LogP contribution in [-0.4, -0.2) is 84.5 Å². The molecule has 41 heavy (non-hydrogen) atoms. The third-order valence-electron chi connectivity index (χ3n) is 8.00. The first-order valence-electron chi connectivity index (χ1n) is 15.0. The molecule has 0 bridgehead atoms. The van der Waals surface area contributed by atoms with Gasteiger partial charge in [0.25, 0.3) is 0 Å². The predicted molar refractivity (Wildman–Crippen MR) is 160 cm³/mol. The van der Waals surface area contributed by atoms with Crippen LogP contribution >= 0.6 is 0 Å². The largest absolute Gasteiger partial charge is 0.444 e. The van der Waals surface area contributed by atoms with Crippen LogP contribution in [0, 0.1) is 5.92 Å². The van der Waals surface area contributed by atoms with Crippen molar-refractivity contribution < 1.29 is 23.9 Å². The molecule has 3 N–H and O–H groups in total. The van der Waals surface area contributed by atoms with Crippen LogP contribution in [0.25, 0.3) is 0 Å². The van der Waals surface area contributed by atoms with Crippen LogP contribution in [0.5, 0.6) is 0 Å². The van der Waals surface area contributed by atoms with E-state index in [1.807, 2.05) is 31.0 Å². The molecular formula is C31H49N5O5. The molecule has 1 saturated carbocycles. The van der Waals surface area contributed by atoms with Gasteiger partial charge in [-0.3, -0.25) is 14.4 Å². The predicted octanol–water partition coefficient (Wildman–Crippen LogP) is 3.87. The number of rotatable bonds is 9. The Morgan fingerprint density at radius 1 is 0.951 bits per heavy atom. The molecule has 0 spiro atoms. The molecule has 2 fully saturated rings. The van der Waals surface area contributed by atoms with Crippen molar-refractivity contribution in [2.75, 3.05) is 38.5 Å². The molecule has 10 nitrogen and oxygen atoms in total. The molecular weight excluding hydrogens is 522 g/mol. The van der Waals surface area contributed by atoms with Crippen molar-refractivity contribution in [3.05, 3.63) is 29.8 Å². The van der Waals surface area contributed by atoms with Gasteiger partial charge < -0.3 is 30.5 Å². The number of amides is 4. The van der Waals surface area contributed by atoms with Gasteiger partial charge >= 0.3 is 6.09 Å². The molecule has 0 unspecified atom stereocenters. The van der Waals surface area contributed by atoms with Crippen LogP contribution in [0.4, 0.5) is 10.5 Å². The zero-order valence-corrected chi connectivity index (χ0v) is 25.6. The fourth-order valence-electron chi connectivity index (χ4n) is 5.48. The van der Waals surface area contributed by atoms with Crippen molar-refractivity contribution >= 4 is 29.5 Å². The molecule has 1 saturated heterocycles. The Morgan fingerprint density at radius 3 is 2.12 bits per heavy atom. The van der Waals surface area contributed by atoms with Crippen LogP contribution in [0.3, 0.4) is 0 Å². The van der Waals surface area contributed by atoms with E-state index in [1.165, 1.54) is 0 Å². The molecule has 0 radical (unpaired) electrons. The maximum atomic E-state index is 13.5. The number of nitrogens with zero attached hydrogens (tertiary/aromatic N) is 2. The van der Waals surface area contributed by atoms with Crippen molar-refractivity contribution in [2.24, 2.45) is 5.92 Å². The van der Waals surface area contributed by atoms with Crippen LogP contribution < -0.4 is 16.0 Å². The van der Waals surface area contributed by atoms with Gasteiger partial charge in [-0.05, 0) is 64.3 Å². The monoisotopic (exact) mass is 571 g/mol. The van der Waals surface area contributed by atoms with E-state index in [-0.39, 0.29) is 29.6 Å². The summed E-state index contributed by atoms with van der Waals surface area (Å²) in [6.07, 6.45) is 4.63. The van der Waals surface area contributed by atoms with Crippen molar-refractivity contribution in [1.29, 1.82) is 0 Å². The third kappa shape index (κ3) is 9.73. The number of benzene rings is 1. The summed E-state index contributed by atoms with van der Waals surface area (Å²) < 4.78 is 5.43. The van der Waals surface area contributed by atoms with Gasteiger partial charge in [-0.2, -0.15) is 0 Å². The van der Waals surface area contributed by atoms with E-state index in [0.717, 1.165) is 50.8 Å². The van der Waals surface area contributed by atoms with Gasteiger partial charge in [0, 0.05) is 44.2 Å². The minimum absolute atomic E-state index is 0.0408. The Labute approximate surface area is 244 Å². The smallest absolute Gasteiger partial charge is 0.408 e. The average Bonchev–Trinajstić information content (AvgIpc) is 2.94. The van der Waals surface area contributed by atoms with E-state index in [0.29, 0.717) is 25.2 Å². The Bertz CT molecular complexity index is 1040. The number of hydrogen-bond donors (Lipinski definition) is 3. The van der Waals surface area contributed by atoms with Crippen LogP contribution in [-0.2, 0) is 19.1 Å². The lowest BCUT2D eigenvalue weighted by atomic mass is 9.83. The molecule has 3 rings (SSSR count). The maximum Gasteiger partial charge on any atom is 0.408 e. The second kappa shape index (κ2) is 14.7.